The van der Waals surface area contributed by atoms with Crippen molar-refractivity contribution < 1.29 is 38.1 Å². The Morgan fingerprint density at radius 2 is 1.10 bits per heavy atom. The molecular weight excluding hydrogens is 745 g/mol. The minimum Gasteiger partial charge on any atom is -0.465 e. The first-order valence-electron chi connectivity index (χ1n) is 24.3. The summed E-state index contributed by atoms with van der Waals surface area (Å²) < 4.78 is 29.0. The standard InChI is InChI=1S/C49H90N2O8/c1-5-8-11-14-17-18-19-20-21-22-23-24-25-26-29-32-46(52)57-41-45(43-59-49(54)50-39-44-35-36-51(4)40-44)42-58-47(53)33-34-48(55-37-30-27-15-12-9-6-2)56-38-31-28-16-13-10-7-3/h17-18,20-21,44-45,48H,5-16,19,22-43H2,1-4H3,(H,50,54)/b18-17-,21-20-. The highest BCUT2D eigenvalue weighted by Gasteiger charge is 2.22. The van der Waals surface area contributed by atoms with Crippen LogP contribution in [0, 0.1) is 11.8 Å². The SMILES string of the molecule is CCCCC/C=C\C/C=C\CCCCCCCC(=O)OCC(COC(=O)CCC(OCCCCCCCC)OCCCCCCCC)COC(=O)NCC1CCN(C)C1. The molecule has 10 heteroatoms. The van der Waals surface area contributed by atoms with Crippen LogP contribution in [0.2, 0.25) is 0 Å². The number of nitrogens with one attached hydrogen (secondary N) is 1. The summed E-state index contributed by atoms with van der Waals surface area (Å²) in [7, 11) is 2.08. The molecule has 1 saturated heterocycles. The lowest BCUT2D eigenvalue weighted by atomic mass is 10.1. The normalized spacial score (nSPS) is 15.1. The van der Waals surface area contributed by atoms with Gasteiger partial charge in [-0.15, -0.1) is 0 Å². The second-order valence-corrected chi connectivity index (χ2v) is 16.9. The summed E-state index contributed by atoms with van der Waals surface area (Å²) in [6, 6.07) is 0. The van der Waals surface area contributed by atoms with Crippen LogP contribution < -0.4 is 5.32 Å². The molecule has 2 atom stereocenters. The number of esters is 2. The van der Waals surface area contributed by atoms with Gasteiger partial charge >= 0.3 is 18.0 Å². The summed E-state index contributed by atoms with van der Waals surface area (Å²) in [6.07, 6.45) is 36.5. The predicted molar refractivity (Wildman–Crippen MR) is 241 cm³/mol. The van der Waals surface area contributed by atoms with Crippen molar-refractivity contribution in [3.63, 3.8) is 0 Å². The third-order valence-electron chi connectivity index (χ3n) is 11.0. The maximum Gasteiger partial charge on any atom is 0.407 e. The molecule has 10 nitrogen and oxygen atoms in total. The Labute approximate surface area is 361 Å². The number of likely N-dealkylation sites (tertiary alicyclic amines) is 1. The van der Waals surface area contributed by atoms with E-state index in [4.69, 9.17) is 23.7 Å². The van der Waals surface area contributed by atoms with Gasteiger partial charge in [-0.3, -0.25) is 9.59 Å². The molecule has 0 radical (unpaired) electrons. The number of hydrogen-bond donors (Lipinski definition) is 1. The zero-order chi connectivity index (χ0) is 42.9. The fraction of sp³-hybridized carbons (Fsp3) is 0.857. The molecule has 0 spiro atoms. The zero-order valence-electron chi connectivity index (χ0n) is 38.5. The van der Waals surface area contributed by atoms with Gasteiger partial charge in [0.1, 0.15) is 19.8 Å². The second-order valence-electron chi connectivity index (χ2n) is 16.9. The van der Waals surface area contributed by atoms with Gasteiger partial charge in [0.2, 0.25) is 0 Å². The summed E-state index contributed by atoms with van der Waals surface area (Å²) in [5.41, 5.74) is 0. The summed E-state index contributed by atoms with van der Waals surface area (Å²) >= 11 is 0. The van der Waals surface area contributed by atoms with Crippen LogP contribution in [0.5, 0.6) is 0 Å². The van der Waals surface area contributed by atoms with E-state index in [2.05, 4.69) is 62.3 Å². The van der Waals surface area contributed by atoms with Crippen LogP contribution >= 0.6 is 0 Å². The number of nitrogens with zero attached hydrogens (tertiary/aromatic N) is 1. The Balaban J connectivity index is 2.50. The molecule has 0 aliphatic carbocycles. The van der Waals surface area contributed by atoms with Gasteiger partial charge in [-0.25, -0.2) is 4.79 Å². The Hall–Kier alpha value is -2.43. The van der Waals surface area contributed by atoms with Crippen molar-refractivity contribution in [1.29, 1.82) is 0 Å². The second kappa shape index (κ2) is 40.9. The van der Waals surface area contributed by atoms with Gasteiger partial charge in [0.05, 0.1) is 12.3 Å². The van der Waals surface area contributed by atoms with E-state index in [9.17, 15) is 14.4 Å². The fourth-order valence-corrected chi connectivity index (χ4v) is 7.10. The van der Waals surface area contributed by atoms with Crippen LogP contribution in [-0.4, -0.2) is 88.9 Å². The van der Waals surface area contributed by atoms with Crippen molar-refractivity contribution in [3.05, 3.63) is 24.3 Å². The van der Waals surface area contributed by atoms with Crippen LogP contribution in [-0.2, 0) is 33.3 Å². The Bertz CT molecular complexity index is 1040. The lowest BCUT2D eigenvalue weighted by molar-refractivity contribution is -0.161. The summed E-state index contributed by atoms with van der Waals surface area (Å²) in [5.74, 6) is -0.736. The zero-order valence-corrected chi connectivity index (χ0v) is 38.5. The molecule has 1 amide bonds. The van der Waals surface area contributed by atoms with Crippen molar-refractivity contribution in [2.45, 2.75) is 200 Å². The smallest absolute Gasteiger partial charge is 0.407 e. The van der Waals surface area contributed by atoms with E-state index in [1.54, 1.807) is 0 Å². The molecule has 1 fully saturated rings. The van der Waals surface area contributed by atoms with E-state index in [0.29, 0.717) is 38.5 Å². The quantitative estimate of drug-likeness (QED) is 0.0211. The monoisotopic (exact) mass is 835 g/mol. The first kappa shape index (κ1) is 54.6. The van der Waals surface area contributed by atoms with Gasteiger partial charge < -0.3 is 33.9 Å². The van der Waals surface area contributed by atoms with Gasteiger partial charge in [-0.2, -0.15) is 0 Å². The van der Waals surface area contributed by atoms with Crippen LogP contribution in [0.3, 0.4) is 0 Å². The van der Waals surface area contributed by atoms with Gasteiger partial charge in [-0.05, 0) is 77.3 Å². The Kier molecular flexibility index (Phi) is 37.9. The molecule has 1 heterocycles. The molecule has 1 rings (SSSR count). The molecule has 1 aliphatic rings. The van der Waals surface area contributed by atoms with Gasteiger partial charge in [0, 0.05) is 39.1 Å². The molecule has 1 aliphatic heterocycles. The summed E-state index contributed by atoms with van der Waals surface area (Å²) in [6.45, 7) is 10.4. The number of carbonyl (C=O) groups excluding carboxylic acids is 3. The van der Waals surface area contributed by atoms with E-state index >= 15 is 0 Å². The lowest BCUT2D eigenvalue weighted by Crippen LogP contribution is -2.33. The topological polar surface area (TPSA) is 113 Å². The highest BCUT2D eigenvalue weighted by atomic mass is 16.7. The first-order chi connectivity index (χ1) is 28.9. The van der Waals surface area contributed by atoms with Crippen LogP contribution in [0.1, 0.15) is 194 Å². The largest absolute Gasteiger partial charge is 0.465 e. The van der Waals surface area contributed by atoms with Crippen LogP contribution in [0.4, 0.5) is 4.79 Å². The van der Waals surface area contributed by atoms with E-state index in [1.165, 1.54) is 77.0 Å². The number of ether oxygens (including phenoxy) is 5. The fourth-order valence-electron chi connectivity index (χ4n) is 7.10. The van der Waals surface area contributed by atoms with Crippen molar-refractivity contribution >= 4 is 18.0 Å². The number of hydrogen-bond acceptors (Lipinski definition) is 9. The number of carbonyl (C=O) groups is 3. The van der Waals surface area contributed by atoms with E-state index in [-0.39, 0.29) is 38.2 Å². The van der Waals surface area contributed by atoms with Crippen LogP contribution in [0.25, 0.3) is 0 Å². The number of allylic oxidation sites excluding steroid dienone is 4. The average molecular weight is 835 g/mol. The maximum atomic E-state index is 13.0. The van der Waals surface area contributed by atoms with Crippen molar-refractivity contribution in [3.8, 4) is 0 Å². The summed E-state index contributed by atoms with van der Waals surface area (Å²) in [4.78, 5) is 40.4. The van der Waals surface area contributed by atoms with Gasteiger partial charge in [0.15, 0.2) is 6.29 Å². The van der Waals surface area contributed by atoms with Crippen molar-refractivity contribution in [1.82, 2.24) is 10.2 Å². The number of unbranched alkanes of at least 4 members (excludes halogenated alkanes) is 18. The maximum absolute atomic E-state index is 13.0. The molecular formula is C49H90N2O8. The Morgan fingerprint density at radius 1 is 0.610 bits per heavy atom. The molecule has 0 aromatic rings. The summed E-state index contributed by atoms with van der Waals surface area (Å²) in [5, 5.41) is 2.86. The van der Waals surface area contributed by atoms with E-state index < -0.39 is 18.3 Å². The van der Waals surface area contributed by atoms with Crippen LogP contribution in [0.15, 0.2) is 24.3 Å². The molecule has 0 saturated carbocycles. The third-order valence-corrected chi connectivity index (χ3v) is 11.0. The molecule has 0 aromatic heterocycles. The van der Waals surface area contributed by atoms with E-state index in [0.717, 1.165) is 90.1 Å². The molecule has 0 bridgehead atoms. The molecule has 1 N–H and O–H groups in total. The van der Waals surface area contributed by atoms with Gasteiger partial charge in [0.25, 0.3) is 0 Å². The molecule has 0 aromatic carbocycles. The molecule has 344 valence electrons. The van der Waals surface area contributed by atoms with Gasteiger partial charge in [-0.1, -0.05) is 141 Å². The highest BCUT2D eigenvalue weighted by Crippen LogP contribution is 2.15. The molecule has 59 heavy (non-hydrogen) atoms. The Morgan fingerprint density at radius 3 is 1.68 bits per heavy atom. The number of amides is 1. The lowest BCUT2D eigenvalue weighted by Gasteiger charge is -2.20. The first-order valence-corrected chi connectivity index (χ1v) is 24.3. The molecule has 2 unspecified atom stereocenters. The van der Waals surface area contributed by atoms with Crippen molar-refractivity contribution in [2.75, 3.05) is 59.7 Å². The van der Waals surface area contributed by atoms with Crippen molar-refractivity contribution in [2.24, 2.45) is 11.8 Å². The minimum absolute atomic E-state index is 0.0123. The predicted octanol–water partition coefficient (Wildman–Crippen LogP) is 12.0. The highest BCUT2D eigenvalue weighted by molar-refractivity contribution is 5.70. The number of alkyl carbamates (subject to hydrolysis) is 1. The minimum atomic E-state index is -0.514. The number of rotatable bonds is 41. The average Bonchev–Trinajstić information content (AvgIpc) is 3.66. The third kappa shape index (κ3) is 36.0. The van der Waals surface area contributed by atoms with E-state index in [1.807, 2.05) is 0 Å².